The van der Waals surface area contributed by atoms with E-state index in [-0.39, 0.29) is 12.7 Å². The van der Waals surface area contributed by atoms with Crippen LogP contribution in [0.15, 0.2) is 30.3 Å². The number of rotatable bonds is 7. The summed E-state index contributed by atoms with van der Waals surface area (Å²) in [6, 6.07) is 10.3. The first-order valence-electron chi connectivity index (χ1n) is 8.93. The van der Waals surface area contributed by atoms with E-state index < -0.39 is 0 Å². The van der Waals surface area contributed by atoms with Crippen molar-refractivity contribution in [1.82, 2.24) is 0 Å². The highest BCUT2D eigenvalue weighted by molar-refractivity contribution is 5.55. The summed E-state index contributed by atoms with van der Waals surface area (Å²) in [5, 5.41) is 0. The van der Waals surface area contributed by atoms with E-state index in [4.69, 9.17) is 18.9 Å². The minimum absolute atomic E-state index is 0.177. The zero-order valence-corrected chi connectivity index (χ0v) is 15.4. The number of hydrogen-bond acceptors (Lipinski definition) is 4. The molecule has 3 rings (SSSR count). The van der Waals surface area contributed by atoms with Gasteiger partial charge in [-0.25, -0.2) is 0 Å². The van der Waals surface area contributed by atoms with Gasteiger partial charge in [-0.2, -0.15) is 0 Å². The number of hydrogen-bond donors (Lipinski definition) is 0. The Morgan fingerprint density at radius 3 is 2.44 bits per heavy atom. The van der Waals surface area contributed by atoms with Gasteiger partial charge < -0.3 is 18.9 Å². The first-order valence-corrected chi connectivity index (χ1v) is 8.93. The lowest BCUT2D eigenvalue weighted by Gasteiger charge is -2.19. The largest absolute Gasteiger partial charge is 0.494 e. The molecule has 0 amide bonds. The summed E-state index contributed by atoms with van der Waals surface area (Å²) < 4.78 is 22.7. The topological polar surface area (TPSA) is 36.9 Å². The summed E-state index contributed by atoms with van der Waals surface area (Å²) in [6.45, 7) is 9.99. The fraction of sp³-hybridized carbons (Fsp3) is 0.429. The third-order valence-electron chi connectivity index (χ3n) is 4.43. The molecule has 0 unspecified atom stereocenters. The van der Waals surface area contributed by atoms with Gasteiger partial charge in [0.05, 0.1) is 13.2 Å². The van der Waals surface area contributed by atoms with Crippen LogP contribution < -0.4 is 18.9 Å². The van der Waals surface area contributed by atoms with E-state index in [2.05, 4.69) is 32.9 Å². The molecule has 0 aromatic heterocycles. The maximum absolute atomic E-state index is 5.99. The van der Waals surface area contributed by atoms with Crippen LogP contribution in [-0.4, -0.2) is 20.0 Å². The standard InChI is InChI=1S/C21H26O4/c1-5-9-23-19-12-21-20(24-13-25-21)11-17(19)15(4)16-7-8-18(22-6-2)14(3)10-16/h7-8,10-12,15H,5-6,9,13H2,1-4H3/t15-/m0/s1. The SMILES string of the molecule is CCCOc1cc2c(cc1[C@@H](C)c1ccc(OCC)c(C)c1)OCO2. The Bertz CT molecular complexity index is 739. The Morgan fingerprint density at radius 1 is 1.00 bits per heavy atom. The molecule has 1 aliphatic heterocycles. The average molecular weight is 342 g/mol. The monoisotopic (exact) mass is 342 g/mol. The van der Waals surface area contributed by atoms with Gasteiger partial charge in [-0.05, 0) is 43.5 Å². The molecule has 1 heterocycles. The van der Waals surface area contributed by atoms with Crippen molar-refractivity contribution in [3.63, 3.8) is 0 Å². The molecule has 4 nitrogen and oxygen atoms in total. The molecule has 2 aromatic rings. The Morgan fingerprint density at radius 2 is 1.76 bits per heavy atom. The first kappa shape index (κ1) is 17.5. The van der Waals surface area contributed by atoms with Crippen LogP contribution in [0.5, 0.6) is 23.0 Å². The van der Waals surface area contributed by atoms with Crippen LogP contribution in [0.2, 0.25) is 0 Å². The molecule has 2 aromatic carbocycles. The third kappa shape index (κ3) is 3.68. The van der Waals surface area contributed by atoms with Crippen LogP contribution >= 0.6 is 0 Å². The second-order valence-electron chi connectivity index (χ2n) is 6.27. The zero-order valence-electron chi connectivity index (χ0n) is 15.4. The predicted octanol–water partition coefficient (Wildman–Crippen LogP) is 5.06. The van der Waals surface area contributed by atoms with Crippen LogP contribution in [-0.2, 0) is 0 Å². The van der Waals surface area contributed by atoms with Gasteiger partial charge in [0.15, 0.2) is 11.5 Å². The molecule has 0 saturated carbocycles. The molecule has 25 heavy (non-hydrogen) atoms. The van der Waals surface area contributed by atoms with E-state index in [9.17, 15) is 0 Å². The lowest BCUT2D eigenvalue weighted by Crippen LogP contribution is -2.04. The van der Waals surface area contributed by atoms with Crippen LogP contribution in [0.4, 0.5) is 0 Å². The maximum atomic E-state index is 5.99. The fourth-order valence-electron chi connectivity index (χ4n) is 3.05. The molecule has 0 spiro atoms. The second kappa shape index (κ2) is 7.68. The van der Waals surface area contributed by atoms with E-state index in [1.165, 1.54) is 5.56 Å². The summed E-state index contributed by atoms with van der Waals surface area (Å²) in [5.41, 5.74) is 3.48. The van der Waals surface area contributed by atoms with Gasteiger partial charge in [-0.15, -0.1) is 0 Å². The highest BCUT2D eigenvalue weighted by Crippen LogP contribution is 2.43. The van der Waals surface area contributed by atoms with E-state index in [1.807, 2.05) is 25.1 Å². The number of benzene rings is 2. The highest BCUT2D eigenvalue weighted by Gasteiger charge is 2.22. The minimum atomic E-state index is 0.177. The first-order chi connectivity index (χ1) is 12.1. The van der Waals surface area contributed by atoms with E-state index in [0.29, 0.717) is 13.2 Å². The molecule has 1 atom stereocenters. The molecule has 1 aliphatic rings. The van der Waals surface area contributed by atoms with Gasteiger partial charge >= 0.3 is 0 Å². The second-order valence-corrected chi connectivity index (χ2v) is 6.27. The Kier molecular flexibility index (Phi) is 5.37. The summed E-state index contributed by atoms with van der Waals surface area (Å²) >= 11 is 0. The molecule has 0 fully saturated rings. The van der Waals surface area contributed by atoms with E-state index in [1.54, 1.807) is 0 Å². The molecule has 0 radical (unpaired) electrons. The van der Waals surface area contributed by atoms with Gasteiger partial charge in [0.2, 0.25) is 6.79 Å². The van der Waals surface area contributed by atoms with Crippen molar-refractivity contribution in [2.24, 2.45) is 0 Å². The summed E-state index contributed by atoms with van der Waals surface area (Å²) in [6.07, 6.45) is 0.963. The molecular formula is C21H26O4. The van der Waals surface area contributed by atoms with Crippen LogP contribution in [0.1, 0.15) is 49.8 Å². The maximum Gasteiger partial charge on any atom is 0.231 e. The van der Waals surface area contributed by atoms with Gasteiger partial charge in [-0.3, -0.25) is 0 Å². The van der Waals surface area contributed by atoms with Crippen LogP contribution in [0.3, 0.4) is 0 Å². The van der Waals surface area contributed by atoms with Crippen molar-refractivity contribution >= 4 is 0 Å². The predicted molar refractivity (Wildman–Crippen MR) is 98.2 cm³/mol. The Hall–Kier alpha value is -2.36. The number of ether oxygens (including phenoxy) is 4. The molecule has 0 N–H and O–H groups in total. The Balaban J connectivity index is 1.95. The van der Waals surface area contributed by atoms with E-state index in [0.717, 1.165) is 40.5 Å². The van der Waals surface area contributed by atoms with Crippen molar-refractivity contribution in [3.05, 3.63) is 47.0 Å². The van der Waals surface area contributed by atoms with Gasteiger partial charge in [0.25, 0.3) is 0 Å². The lowest BCUT2D eigenvalue weighted by atomic mass is 9.91. The van der Waals surface area contributed by atoms with Crippen molar-refractivity contribution in [2.45, 2.75) is 40.0 Å². The zero-order chi connectivity index (χ0) is 17.8. The van der Waals surface area contributed by atoms with E-state index >= 15 is 0 Å². The third-order valence-corrected chi connectivity index (χ3v) is 4.43. The van der Waals surface area contributed by atoms with Crippen molar-refractivity contribution in [2.75, 3.05) is 20.0 Å². The number of aryl methyl sites for hydroxylation is 1. The summed E-state index contributed by atoms with van der Waals surface area (Å²) in [5.74, 6) is 3.52. The van der Waals surface area contributed by atoms with Gasteiger partial charge in [0.1, 0.15) is 11.5 Å². The smallest absolute Gasteiger partial charge is 0.231 e. The normalized spacial score (nSPS) is 13.6. The Labute approximate surface area is 149 Å². The van der Waals surface area contributed by atoms with Crippen molar-refractivity contribution in [1.29, 1.82) is 0 Å². The molecule has 0 aliphatic carbocycles. The molecule has 0 bridgehead atoms. The quantitative estimate of drug-likeness (QED) is 0.704. The van der Waals surface area contributed by atoms with Gasteiger partial charge in [0, 0.05) is 17.5 Å². The van der Waals surface area contributed by atoms with Crippen LogP contribution in [0.25, 0.3) is 0 Å². The van der Waals surface area contributed by atoms with Crippen molar-refractivity contribution < 1.29 is 18.9 Å². The highest BCUT2D eigenvalue weighted by atomic mass is 16.7. The molecule has 4 heteroatoms. The summed E-state index contributed by atoms with van der Waals surface area (Å²) in [4.78, 5) is 0. The molecular weight excluding hydrogens is 316 g/mol. The van der Waals surface area contributed by atoms with Gasteiger partial charge in [-0.1, -0.05) is 26.0 Å². The molecule has 134 valence electrons. The number of fused-ring (bicyclic) bond motifs is 1. The summed E-state index contributed by atoms with van der Waals surface area (Å²) in [7, 11) is 0. The van der Waals surface area contributed by atoms with Crippen molar-refractivity contribution in [3.8, 4) is 23.0 Å². The average Bonchev–Trinajstić information content (AvgIpc) is 3.07. The molecule has 0 saturated heterocycles. The van der Waals surface area contributed by atoms with Crippen LogP contribution in [0, 0.1) is 6.92 Å². The lowest BCUT2D eigenvalue weighted by molar-refractivity contribution is 0.173. The fourth-order valence-corrected chi connectivity index (χ4v) is 3.05. The minimum Gasteiger partial charge on any atom is -0.494 e.